The van der Waals surface area contributed by atoms with Gasteiger partial charge in [-0.3, -0.25) is 4.98 Å². The number of benzene rings is 1. The van der Waals surface area contributed by atoms with Gasteiger partial charge in [0.25, 0.3) is 0 Å². The number of carbonyl (C=O) groups excluding carboxylic acids is 1. The molecule has 1 aliphatic heterocycles. The van der Waals surface area contributed by atoms with E-state index in [1.807, 2.05) is 6.07 Å². The number of methoxy groups -OCH3 is 1. The average molecular weight is 376 g/mol. The van der Waals surface area contributed by atoms with E-state index >= 15 is 0 Å². The number of pyridine rings is 1. The van der Waals surface area contributed by atoms with E-state index in [1.165, 1.54) is 35.7 Å². The fourth-order valence-electron chi connectivity index (χ4n) is 2.83. The van der Waals surface area contributed by atoms with Crippen molar-refractivity contribution in [2.24, 2.45) is 0 Å². The molecule has 0 atom stereocenters. The van der Waals surface area contributed by atoms with Gasteiger partial charge >= 0.3 is 5.97 Å². The minimum atomic E-state index is -3.59. The van der Waals surface area contributed by atoms with E-state index in [-0.39, 0.29) is 11.0 Å². The normalized spacial score (nSPS) is 16.2. The van der Waals surface area contributed by atoms with Crippen LogP contribution in [0.1, 0.15) is 23.2 Å². The van der Waals surface area contributed by atoms with E-state index in [0.29, 0.717) is 37.2 Å². The highest BCUT2D eigenvalue weighted by Crippen LogP contribution is 2.23. The monoisotopic (exact) mass is 376 g/mol. The molecule has 0 spiro atoms. The molecule has 0 unspecified atom stereocenters. The Morgan fingerprint density at radius 3 is 2.42 bits per heavy atom. The first-order chi connectivity index (χ1) is 12.5. The zero-order valence-corrected chi connectivity index (χ0v) is 15.2. The molecule has 26 heavy (non-hydrogen) atoms. The molecule has 138 valence electrons. The Labute approximate surface area is 152 Å². The highest BCUT2D eigenvalue weighted by atomic mass is 32.2. The molecule has 2 heterocycles. The molecule has 0 radical (unpaired) electrons. The lowest BCUT2D eigenvalue weighted by atomic mass is 10.1. The molecule has 0 aliphatic carbocycles. The third-order valence-electron chi connectivity index (χ3n) is 4.25. The van der Waals surface area contributed by atoms with Gasteiger partial charge in [-0.15, -0.1) is 0 Å². The Bertz CT molecular complexity index is 845. The summed E-state index contributed by atoms with van der Waals surface area (Å²) in [7, 11) is -2.31. The first-order valence-corrected chi connectivity index (χ1v) is 9.70. The van der Waals surface area contributed by atoms with Crippen molar-refractivity contribution in [1.29, 1.82) is 0 Å². The van der Waals surface area contributed by atoms with Crippen molar-refractivity contribution < 1.29 is 22.7 Å². The summed E-state index contributed by atoms with van der Waals surface area (Å²) in [6.07, 6.45) is 4.50. The molecular formula is C18H20N2O5S. The van der Waals surface area contributed by atoms with Crippen molar-refractivity contribution in [3.8, 4) is 5.75 Å². The molecule has 8 heteroatoms. The molecule has 1 saturated heterocycles. The number of hydrogen-bond donors (Lipinski definition) is 0. The van der Waals surface area contributed by atoms with Crippen LogP contribution < -0.4 is 4.74 Å². The molecule has 1 aromatic heterocycles. The van der Waals surface area contributed by atoms with Crippen molar-refractivity contribution in [3.05, 3.63) is 54.4 Å². The number of rotatable bonds is 5. The molecule has 0 N–H and O–H groups in total. The molecule has 0 bridgehead atoms. The molecule has 7 nitrogen and oxygen atoms in total. The van der Waals surface area contributed by atoms with Crippen molar-refractivity contribution in [1.82, 2.24) is 9.29 Å². The van der Waals surface area contributed by atoms with Gasteiger partial charge in [-0.1, -0.05) is 0 Å². The number of esters is 1. The summed E-state index contributed by atoms with van der Waals surface area (Å²) in [5, 5.41) is 0. The molecule has 1 aliphatic rings. The molecule has 2 aromatic rings. The predicted molar refractivity (Wildman–Crippen MR) is 94.4 cm³/mol. The molecule has 0 saturated carbocycles. The Hall–Kier alpha value is -2.45. The van der Waals surface area contributed by atoms with Gasteiger partial charge in [0, 0.05) is 19.3 Å². The second-order valence-electron chi connectivity index (χ2n) is 5.93. The van der Waals surface area contributed by atoms with E-state index in [9.17, 15) is 13.2 Å². The van der Waals surface area contributed by atoms with Crippen molar-refractivity contribution in [3.63, 3.8) is 0 Å². The minimum Gasteiger partial charge on any atom is -0.489 e. The number of nitrogens with zero attached hydrogens (tertiary/aromatic N) is 2. The van der Waals surface area contributed by atoms with Gasteiger partial charge in [0.2, 0.25) is 10.0 Å². The van der Waals surface area contributed by atoms with Crippen LogP contribution in [0.3, 0.4) is 0 Å². The van der Waals surface area contributed by atoms with Gasteiger partial charge in [-0.25, -0.2) is 13.2 Å². The quantitative estimate of drug-likeness (QED) is 0.743. The van der Waals surface area contributed by atoms with Crippen LogP contribution in [-0.4, -0.2) is 50.0 Å². The fraction of sp³-hybridized carbons (Fsp3) is 0.333. The van der Waals surface area contributed by atoms with Crippen LogP contribution >= 0.6 is 0 Å². The highest BCUT2D eigenvalue weighted by Gasteiger charge is 2.30. The summed E-state index contributed by atoms with van der Waals surface area (Å²) in [5.74, 6) is 0.189. The highest BCUT2D eigenvalue weighted by molar-refractivity contribution is 7.89. The fourth-order valence-corrected chi connectivity index (χ4v) is 4.30. The molecule has 1 aromatic carbocycles. The van der Waals surface area contributed by atoms with Crippen LogP contribution in [0, 0.1) is 0 Å². The topological polar surface area (TPSA) is 85.8 Å². The smallest absolute Gasteiger partial charge is 0.337 e. The summed E-state index contributed by atoms with van der Waals surface area (Å²) in [6.45, 7) is 0.762. The van der Waals surface area contributed by atoms with E-state index in [4.69, 9.17) is 4.74 Å². The lowest BCUT2D eigenvalue weighted by molar-refractivity contribution is 0.0600. The number of ether oxygens (including phenoxy) is 2. The van der Waals surface area contributed by atoms with Crippen LogP contribution in [0.15, 0.2) is 53.7 Å². The third-order valence-corrected chi connectivity index (χ3v) is 6.16. The Morgan fingerprint density at radius 1 is 1.15 bits per heavy atom. The van der Waals surface area contributed by atoms with Gasteiger partial charge in [0.15, 0.2) is 0 Å². The molecule has 0 amide bonds. The number of hydrogen-bond acceptors (Lipinski definition) is 6. The lowest BCUT2D eigenvalue weighted by Gasteiger charge is -2.31. The van der Waals surface area contributed by atoms with Gasteiger partial charge < -0.3 is 9.47 Å². The molecular weight excluding hydrogens is 356 g/mol. The van der Waals surface area contributed by atoms with E-state index in [0.717, 1.165) is 0 Å². The van der Waals surface area contributed by atoms with Crippen LogP contribution in [0.2, 0.25) is 0 Å². The average Bonchev–Trinajstić information content (AvgIpc) is 2.68. The standard InChI is InChI=1S/C18H20N2O5S/c1-24-18(21)14-4-6-17(7-5-14)26(22,23)20-11-8-15(9-12-20)25-16-3-2-10-19-13-16/h2-7,10,13,15H,8-9,11-12H2,1H3. The number of aromatic nitrogens is 1. The molecule has 1 fully saturated rings. The van der Waals surface area contributed by atoms with Gasteiger partial charge in [0.1, 0.15) is 11.9 Å². The van der Waals surface area contributed by atoms with E-state index in [2.05, 4.69) is 9.72 Å². The largest absolute Gasteiger partial charge is 0.489 e. The maximum atomic E-state index is 12.8. The summed E-state index contributed by atoms with van der Waals surface area (Å²) < 4.78 is 37.4. The summed E-state index contributed by atoms with van der Waals surface area (Å²) >= 11 is 0. The molecule has 3 rings (SSSR count). The van der Waals surface area contributed by atoms with Crippen LogP contribution in [0.25, 0.3) is 0 Å². The second-order valence-corrected chi connectivity index (χ2v) is 7.86. The maximum Gasteiger partial charge on any atom is 0.337 e. The minimum absolute atomic E-state index is 0.0349. The Morgan fingerprint density at radius 2 is 1.85 bits per heavy atom. The van der Waals surface area contributed by atoms with Crippen molar-refractivity contribution >= 4 is 16.0 Å². The number of piperidine rings is 1. The van der Waals surface area contributed by atoms with Crippen molar-refractivity contribution in [2.45, 2.75) is 23.8 Å². The first-order valence-electron chi connectivity index (χ1n) is 8.26. The van der Waals surface area contributed by atoms with Gasteiger partial charge in [-0.2, -0.15) is 4.31 Å². The van der Waals surface area contributed by atoms with E-state index < -0.39 is 16.0 Å². The van der Waals surface area contributed by atoms with Gasteiger partial charge in [0.05, 0.1) is 23.8 Å². The number of carbonyl (C=O) groups is 1. The first kappa shape index (κ1) is 18.3. The van der Waals surface area contributed by atoms with Crippen LogP contribution in [0.5, 0.6) is 5.75 Å². The predicted octanol–water partition coefficient (Wildman–Crippen LogP) is 2.10. The van der Waals surface area contributed by atoms with Crippen molar-refractivity contribution in [2.75, 3.05) is 20.2 Å². The SMILES string of the molecule is COC(=O)c1ccc(S(=O)(=O)N2CCC(Oc3cccnc3)CC2)cc1. The van der Waals surface area contributed by atoms with Gasteiger partial charge in [-0.05, 0) is 49.2 Å². The third kappa shape index (κ3) is 4.03. The summed E-state index contributed by atoms with van der Waals surface area (Å²) in [5.41, 5.74) is 0.315. The lowest BCUT2D eigenvalue weighted by Crippen LogP contribution is -2.41. The summed E-state index contributed by atoms with van der Waals surface area (Å²) in [4.78, 5) is 15.6. The zero-order chi connectivity index (χ0) is 18.6. The Kier molecular flexibility index (Phi) is 5.53. The zero-order valence-electron chi connectivity index (χ0n) is 14.4. The van der Waals surface area contributed by atoms with E-state index in [1.54, 1.807) is 18.5 Å². The summed E-state index contributed by atoms with van der Waals surface area (Å²) in [6, 6.07) is 9.40. The van der Waals surface area contributed by atoms with Crippen LogP contribution in [0.4, 0.5) is 0 Å². The van der Waals surface area contributed by atoms with Crippen LogP contribution in [-0.2, 0) is 14.8 Å². The Balaban J connectivity index is 1.63. The number of sulfonamides is 1. The maximum absolute atomic E-state index is 12.8. The second kappa shape index (κ2) is 7.84.